The summed E-state index contributed by atoms with van der Waals surface area (Å²) in [5.74, 6) is 0. The van der Waals surface area contributed by atoms with Crippen LogP contribution in [0.25, 0.3) is 0 Å². The maximum absolute atomic E-state index is 12.4. The predicted octanol–water partition coefficient (Wildman–Crippen LogP) is 2.99. The van der Waals surface area contributed by atoms with Gasteiger partial charge in [-0.25, -0.2) is 13.1 Å². The summed E-state index contributed by atoms with van der Waals surface area (Å²) in [6, 6.07) is 8.83. The zero-order valence-corrected chi connectivity index (χ0v) is 14.0. The van der Waals surface area contributed by atoms with Crippen molar-refractivity contribution < 1.29 is 8.42 Å². The SMILES string of the molecule is CCNCc1ccc(Cl)c(S(=O)(=O)NCc2cccs2)c1. The highest BCUT2D eigenvalue weighted by Crippen LogP contribution is 2.23. The first-order valence-electron chi connectivity index (χ1n) is 6.54. The highest BCUT2D eigenvalue weighted by Gasteiger charge is 2.18. The normalized spacial score (nSPS) is 11.7. The van der Waals surface area contributed by atoms with E-state index in [0.717, 1.165) is 17.0 Å². The number of rotatable bonds is 7. The van der Waals surface area contributed by atoms with Gasteiger partial charge in [-0.2, -0.15) is 0 Å². The van der Waals surface area contributed by atoms with E-state index in [9.17, 15) is 8.42 Å². The van der Waals surface area contributed by atoms with Gasteiger partial charge in [-0.1, -0.05) is 30.7 Å². The summed E-state index contributed by atoms with van der Waals surface area (Å²) >= 11 is 7.55. The lowest BCUT2D eigenvalue weighted by Crippen LogP contribution is -2.23. The van der Waals surface area contributed by atoms with Gasteiger partial charge in [0.05, 0.1) is 5.02 Å². The van der Waals surface area contributed by atoms with E-state index in [2.05, 4.69) is 10.0 Å². The molecule has 0 aliphatic rings. The minimum absolute atomic E-state index is 0.121. The molecule has 0 saturated heterocycles. The molecule has 1 heterocycles. The molecule has 0 atom stereocenters. The molecule has 2 N–H and O–H groups in total. The van der Waals surface area contributed by atoms with Gasteiger partial charge in [0.15, 0.2) is 0 Å². The molecule has 0 aliphatic heterocycles. The molecule has 0 fully saturated rings. The number of halogens is 1. The Kier molecular flexibility index (Phi) is 5.78. The number of hydrogen-bond acceptors (Lipinski definition) is 4. The summed E-state index contributed by atoms with van der Waals surface area (Å²) in [4.78, 5) is 1.08. The summed E-state index contributed by atoms with van der Waals surface area (Å²) in [6.45, 7) is 3.70. The molecule has 2 aromatic rings. The highest BCUT2D eigenvalue weighted by molar-refractivity contribution is 7.89. The summed E-state index contributed by atoms with van der Waals surface area (Å²) in [5.41, 5.74) is 0.887. The molecule has 0 saturated carbocycles. The Bertz CT molecular complexity index is 685. The van der Waals surface area contributed by atoms with E-state index in [-0.39, 0.29) is 16.5 Å². The average molecular weight is 345 g/mol. The van der Waals surface area contributed by atoms with Gasteiger partial charge < -0.3 is 5.32 Å². The molecule has 0 amide bonds. The van der Waals surface area contributed by atoms with Crippen molar-refractivity contribution in [2.75, 3.05) is 6.54 Å². The van der Waals surface area contributed by atoms with Crippen molar-refractivity contribution in [1.29, 1.82) is 0 Å². The van der Waals surface area contributed by atoms with E-state index in [1.54, 1.807) is 12.1 Å². The van der Waals surface area contributed by atoms with Crippen LogP contribution in [0.2, 0.25) is 5.02 Å². The fourth-order valence-electron chi connectivity index (χ4n) is 1.79. The zero-order valence-electron chi connectivity index (χ0n) is 11.6. The molecule has 1 aromatic heterocycles. The van der Waals surface area contributed by atoms with Gasteiger partial charge in [-0.05, 0) is 35.7 Å². The van der Waals surface area contributed by atoms with Crippen LogP contribution in [0.4, 0.5) is 0 Å². The van der Waals surface area contributed by atoms with E-state index < -0.39 is 10.0 Å². The Balaban J connectivity index is 2.17. The maximum Gasteiger partial charge on any atom is 0.242 e. The third kappa shape index (κ3) is 4.52. The average Bonchev–Trinajstić information content (AvgIpc) is 2.97. The molecule has 0 aliphatic carbocycles. The Morgan fingerprint density at radius 3 is 2.71 bits per heavy atom. The van der Waals surface area contributed by atoms with Crippen molar-refractivity contribution in [3.63, 3.8) is 0 Å². The van der Waals surface area contributed by atoms with Gasteiger partial charge in [0.1, 0.15) is 4.90 Å². The Morgan fingerprint density at radius 1 is 1.24 bits per heavy atom. The van der Waals surface area contributed by atoms with Crippen LogP contribution in [-0.4, -0.2) is 15.0 Å². The van der Waals surface area contributed by atoms with Crippen molar-refractivity contribution >= 4 is 33.0 Å². The maximum atomic E-state index is 12.4. The molecular formula is C14H17ClN2O2S2. The minimum Gasteiger partial charge on any atom is -0.313 e. The second-order valence-corrected chi connectivity index (χ2v) is 7.62. The molecule has 7 heteroatoms. The van der Waals surface area contributed by atoms with Gasteiger partial charge in [0.2, 0.25) is 10.0 Å². The lowest BCUT2D eigenvalue weighted by atomic mass is 10.2. The number of hydrogen-bond donors (Lipinski definition) is 2. The van der Waals surface area contributed by atoms with Crippen LogP contribution in [0.5, 0.6) is 0 Å². The molecule has 0 spiro atoms. The second-order valence-electron chi connectivity index (χ2n) is 4.45. The molecule has 2 rings (SSSR count). The first-order chi connectivity index (χ1) is 10.0. The molecular weight excluding hydrogens is 328 g/mol. The van der Waals surface area contributed by atoms with Crippen LogP contribution in [0, 0.1) is 0 Å². The predicted molar refractivity (Wildman–Crippen MR) is 87.2 cm³/mol. The standard InChI is InChI=1S/C14H17ClN2O2S2/c1-2-16-9-11-5-6-13(15)14(8-11)21(18,19)17-10-12-4-3-7-20-12/h3-8,16-17H,2,9-10H2,1H3. The summed E-state index contributed by atoms with van der Waals surface area (Å²) in [6.07, 6.45) is 0. The molecule has 4 nitrogen and oxygen atoms in total. The molecule has 0 radical (unpaired) electrons. The van der Waals surface area contributed by atoms with E-state index in [4.69, 9.17) is 11.6 Å². The van der Waals surface area contributed by atoms with Gasteiger partial charge in [-0.3, -0.25) is 0 Å². The fraction of sp³-hybridized carbons (Fsp3) is 0.286. The Morgan fingerprint density at radius 2 is 2.05 bits per heavy atom. The third-order valence-electron chi connectivity index (χ3n) is 2.88. The topological polar surface area (TPSA) is 58.2 Å². The summed E-state index contributed by atoms with van der Waals surface area (Å²) in [7, 11) is -3.62. The van der Waals surface area contributed by atoms with Crippen molar-refractivity contribution in [3.8, 4) is 0 Å². The van der Waals surface area contributed by atoms with Gasteiger partial charge in [0, 0.05) is 18.0 Å². The van der Waals surface area contributed by atoms with Gasteiger partial charge >= 0.3 is 0 Å². The second kappa shape index (κ2) is 7.38. The molecule has 21 heavy (non-hydrogen) atoms. The molecule has 0 unspecified atom stereocenters. The van der Waals surface area contributed by atoms with Crippen LogP contribution < -0.4 is 10.0 Å². The Labute approximate surface area is 134 Å². The lowest BCUT2D eigenvalue weighted by molar-refractivity contribution is 0.581. The van der Waals surface area contributed by atoms with Crippen LogP contribution in [0.15, 0.2) is 40.6 Å². The van der Waals surface area contributed by atoms with E-state index in [0.29, 0.717) is 6.54 Å². The molecule has 114 valence electrons. The van der Waals surface area contributed by atoms with Gasteiger partial charge in [-0.15, -0.1) is 11.3 Å². The van der Waals surface area contributed by atoms with Crippen LogP contribution in [0.1, 0.15) is 17.4 Å². The van der Waals surface area contributed by atoms with E-state index in [1.165, 1.54) is 11.3 Å². The molecule has 0 bridgehead atoms. The quantitative estimate of drug-likeness (QED) is 0.811. The molecule has 1 aromatic carbocycles. The van der Waals surface area contributed by atoms with E-state index >= 15 is 0 Å². The number of sulfonamides is 1. The largest absolute Gasteiger partial charge is 0.313 e. The van der Waals surface area contributed by atoms with Crippen molar-refractivity contribution in [2.45, 2.75) is 24.9 Å². The number of nitrogens with one attached hydrogen (secondary N) is 2. The fourth-order valence-corrected chi connectivity index (χ4v) is 4.08. The van der Waals surface area contributed by atoms with Crippen LogP contribution in [-0.2, 0) is 23.1 Å². The van der Waals surface area contributed by atoms with Crippen molar-refractivity contribution in [1.82, 2.24) is 10.0 Å². The third-order valence-corrected chi connectivity index (χ3v) is 5.64. The number of thiophene rings is 1. The van der Waals surface area contributed by atoms with Crippen molar-refractivity contribution in [2.24, 2.45) is 0 Å². The first-order valence-corrected chi connectivity index (χ1v) is 9.28. The summed E-state index contributed by atoms with van der Waals surface area (Å²) < 4.78 is 27.3. The van der Waals surface area contributed by atoms with Crippen LogP contribution >= 0.6 is 22.9 Å². The zero-order chi connectivity index (χ0) is 15.3. The minimum atomic E-state index is -3.62. The van der Waals surface area contributed by atoms with E-state index in [1.807, 2.05) is 30.5 Å². The Hall–Kier alpha value is -0.920. The monoisotopic (exact) mass is 344 g/mol. The lowest BCUT2D eigenvalue weighted by Gasteiger charge is -2.10. The van der Waals surface area contributed by atoms with Crippen LogP contribution in [0.3, 0.4) is 0 Å². The highest BCUT2D eigenvalue weighted by atomic mass is 35.5. The van der Waals surface area contributed by atoms with Crippen molar-refractivity contribution in [3.05, 3.63) is 51.2 Å². The number of benzene rings is 1. The van der Waals surface area contributed by atoms with Gasteiger partial charge in [0.25, 0.3) is 0 Å². The smallest absolute Gasteiger partial charge is 0.242 e. The first kappa shape index (κ1) is 16.5. The summed E-state index contributed by atoms with van der Waals surface area (Å²) in [5, 5.41) is 5.30.